The van der Waals surface area contributed by atoms with E-state index in [1.807, 2.05) is 6.07 Å². The molecular formula is C25H17N9O6. The van der Waals surface area contributed by atoms with E-state index in [0.29, 0.717) is 11.1 Å². The summed E-state index contributed by atoms with van der Waals surface area (Å²) in [7, 11) is 0. The maximum Gasteiger partial charge on any atom is 0.343 e. The Bertz CT molecular complexity index is 1730. The van der Waals surface area contributed by atoms with Crippen LogP contribution in [0.4, 0.5) is 11.5 Å². The van der Waals surface area contributed by atoms with Crippen molar-refractivity contribution < 1.29 is 23.9 Å². The number of nitrogens with two attached hydrogens (primary N) is 1. The standard InChI is InChI=1S/C25H17N9O6/c26-22-23(31-40-30-22)33-21(20(28-32-33)16-6-2-1-3-7-16)24(35)29-27-14-15-5-4-8-19(13-15)39-25(36)17-9-11-18(12-10-17)34(37)38/h1-14H,(H2,26,30)(H,29,35). The fourth-order valence-corrected chi connectivity index (χ4v) is 3.52. The van der Waals surface area contributed by atoms with E-state index >= 15 is 0 Å². The third kappa shape index (κ3) is 5.37. The third-order valence-electron chi connectivity index (χ3n) is 5.39. The Morgan fingerprint density at radius 3 is 2.52 bits per heavy atom. The number of hydrazone groups is 1. The van der Waals surface area contributed by atoms with Crippen molar-refractivity contribution in [3.63, 3.8) is 0 Å². The van der Waals surface area contributed by atoms with E-state index in [1.54, 1.807) is 42.5 Å². The first-order valence-corrected chi connectivity index (χ1v) is 11.4. The van der Waals surface area contributed by atoms with Crippen molar-refractivity contribution in [1.82, 2.24) is 30.7 Å². The molecular weight excluding hydrogens is 522 g/mol. The number of esters is 1. The van der Waals surface area contributed by atoms with Crippen LogP contribution < -0.4 is 15.9 Å². The van der Waals surface area contributed by atoms with Gasteiger partial charge < -0.3 is 10.5 Å². The molecule has 3 aromatic carbocycles. The lowest BCUT2D eigenvalue weighted by molar-refractivity contribution is -0.384. The van der Waals surface area contributed by atoms with E-state index in [0.717, 1.165) is 4.68 Å². The summed E-state index contributed by atoms with van der Waals surface area (Å²) in [5.74, 6) is -1.30. The molecule has 0 spiro atoms. The smallest absolute Gasteiger partial charge is 0.343 e. The number of nitrogen functional groups attached to an aromatic ring is 1. The number of carbonyl (C=O) groups is 2. The monoisotopic (exact) mass is 539 g/mol. The van der Waals surface area contributed by atoms with Crippen molar-refractivity contribution >= 4 is 29.6 Å². The Hall–Kier alpha value is -6.25. The number of nitrogens with one attached hydrogen (secondary N) is 1. The fraction of sp³-hybridized carbons (Fsp3) is 0. The molecule has 0 saturated carbocycles. The van der Waals surface area contributed by atoms with Crippen molar-refractivity contribution in [2.24, 2.45) is 5.10 Å². The second-order valence-electron chi connectivity index (χ2n) is 8.00. The molecule has 5 rings (SSSR count). The molecule has 15 heteroatoms. The predicted molar refractivity (Wildman–Crippen MR) is 139 cm³/mol. The quantitative estimate of drug-likeness (QED) is 0.0963. The van der Waals surface area contributed by atoms with Crippen LogP contribution in [0.1, 0.15) is 26.4 Å². The van der Waals surface area contributed by atoms with Crippen LogP contribution in [0.2, 0.25) is 0 Å². The van der Waals surface area contributed by atoms with Gasteiger partial charge in [0.25, 0.3) is 11.6 Å². The molecule has 0 unspecified atom stereocenters. The number of anilines is 1. The first kappa shape index (κ1) is 25.4. The van der Waals surface area contributed by atoms with Crippen LogP contribution in [0.5, 0.6) is 5.75 Å². The molecule has 0 aliphatic carbocycles. The van der Waals surface area contributed by atoms with Crippen LogP contribution in [0.15, 0.2) is 88.6 Å². The fourth-order valence-electron chi connectivity index (χ4n) is 3.52. The zero-order chi connectivity index (χ0) is 28.1. The van der Waals surface area contributed by atoms with Crippen molar-refractivity contribution in [3.8, 4) is 22.8 Å². The number of hydrogen-bond acceptors (Lipinski definition) is 12. The lowest BCUT2D eigenvalue weighted by Gasteiger charge is -2.06. The maximum atomic E-state index is 13.2. The largest absolute Gasteiger partial charge is 0.423 e. The van der Waals surface area contributed by atoms with Crippen LogP contribution in [0.25, 0.3) is 17.1 Å². The van der Waals surface area contributed by atoms with E-state index in [9.17, 15) is 19.7 Å². The minimum Gasteiger partial charge on any atom is -0.423 e. The molecule has 0 aliphatic rings. The average Bonchev–Trinajstić information content (AvgIpc) is 3.60. The van der Waals surface area contributed by atoms with Gasteiger partial charge in [-0.05, 0) is 40.1 Å². The number of aromatic nitrogens is 5. The highest BCUT2D eigenvalue weighted by Crippen LogP contribution is 2.24. The van der Waals surface area contributed by atoms with Gasteiger partial charge in [-0.25, -0.2) is 14.8 Å². The summed E-state index contributed by atoms with van der Waals surface area (Å²) in [6, 6.07) is 20.2. The number of hydrogen-bond donors (Lipinski definition) is 2. The molecule has 3 N–H and O–H groups in total. The summed E-state index contributed by atoms with van der Waals surface area (Å²) >= 11 is 0. The molecule has 198 valence electrons. The van der Waals surface area contributed by atoms with Gasteiger partial charge in [0.05, 0.1) is 16.7 Å². The van der Waals surface area contributed by atoms with Gasteiger partial charge in [-0.1, -0.05) is 47.7 Å². The van der Waals surface area contributed by atoms with Crippen molar-refractivity contribution in [1.29, 1.82) is 0 Å². The molecule has 2 aromatic heterocycles. The molecule has 0 atom stereocenters. The number of carbonyl (C=O) groups excluding carboxylic acids is 2. The zero-order valence-corrected chi connectivity index (χ0v) is 20.2. The van der Waals surface area contributed by atoms with E-state index in [2.05, 4.69) is 35.8 Å². The van der Waals surface area contributed by atoms with E-state index < -0.39 is 16.8 Å². The SMILES string of the molecule is Nc1nonc1-n1nnc(-c2ccccc2)c1C(=O)NN=Cc1cccc(OC(=O)c2ccc([N+](=O)[O-])cc2)c1. The number of ether oxygens (including phenoxy) is 1. The van der Waals surface area contributed by atoms with Gasteiger partial charge in [-0.3, -0.25) is 14.9 Å². The molecule has 0 saturated heterocycles. The van der Waals surface area contributed by atoms with Gasteiger partial charge in [0, 0.05) is 17.7 Å². The van der Waals surface area contributed by atoms with Crippen molar-refractivity contribution in [2.75, 3.05) is 5.73 Å². The minimum absolute atomic E-state index is 0.0171. The molecule has 0 radical (unpaired) electrons. The average molecular weight is 539 g/mol. The first-order chi connectivity index (χ1) is 19.4. The Balaban J connectivity index is 1.32. The first-order valence-electron chi connectivity index (χ1n) is 11.4. The normalized spacial score (nSPS) is 10.9. The number of rotatable bonds is 8. The molecule has 0 bridgehead atoms. The molecule has 1 amide bonds. The maximum absolute atomic E-state index is 13.2. The summed E-state index contributed by atoms with van der Waals surface area (Å²) in [6.45, 7) is 0. The molecule has 2 heterocycles. The number of nitro benzene ring substituents is 1. The molecule has 40 heavy (non-hydrogen) atoms. The van der Waals surface area contributed by atoms with Gasteiger partial charge in [0.1, 0.15) is 11.4 Å². The zero-order valence-electron chi connectivity index (χ0n) is 20.2. The lowest BCUT2D eigenvalue weighted by atomic mass is 10.1. The topological polar surface area (TPSA) is 207 Å². The number of non-ortho nitro benzene ring substituents is 1. The van der Waals surface area contributed by atoms with Crippen LogP contribution in [0, 0.1) is 10.1 Å². The molecule has 5 aromatic rings. The van der Waals surface area contributed by atoms with Crippen LogP contribution in [-0.4, -0.2) is 48.3 Å². The predicted octanol–water partition coefficient (Wildman–Crippen LogP) is 2.79. The Kier molecular flexibility index (Phi) is 6.99. The summed E-state index contributed by atoms with van der Waals surface area (Å²) in [5, 5.41) is 30.1. The highest BCUT2D eigenvalue weighted by atomic mass is 16.6. The lowest BCUT2D eigenvalue weighted by Crippen LogP contribution is -2.22. The van der Waals surface area contributed by atoms with Crippen LogP contribution >= 0.6 is 0 Å². The summed E-state index contributed by atoms with van der Waals surface area (Å²) in [5.41, 5.74) is 9.53. The number of benzene rings is 3. The number of amides is 1. The van der Waals surface area contributed by atoms with Gasteiger partial charge in [0.2, 0.25) is 11.6 Å². The molecule has 15 nitrogen and oxygen atoms in total. The number of nitrogens with zero attached hydrogens (tertiary/aromatic N) is 7. The summed E-state index contributed by atoms with van der Waals surface area (Å²) in [6.07, 6.45) is 1.34. The molecule has 0 aliphatic heterocycles. The summed E-state index contributed by atoms with van der Waals surface area (Å²) in [4.78, 5) is 35.9. The van der Waals surface area contributed by atoms with Crippen LogP contribution in [-0.2, 0) is 0 Å². The second-order valence-corrected chi connectivity index (χ2v) is 8.00. The Morgan fingerprint density at radius 2 is 1.82 bits per heavy atom. The van der Waals surface area contributed by atoms with Gasteiger partial charge >= 0.3 is 5.97 Å². The highest BCUT2D eigenvalue weighted by molar-refractivity contribution is 5.99. The highest BCUT2D eigenvalue weighted by Gasteiger charge is 2.25. The Labute approximate surface area is 224 Å². The van der Waals surface area contributed by atoms with E-state index in [-0.39, 0.29) is 40.0 Å². The Morgan fingerprint density at radius 1 is 1.05 bits per heavy atom. The van der Waals surface area contributed by atoms with E-state index in [1.165, 1.54) is 36.5 Å². The summed E-state index contributed by atoms with van der Waals surface area (Å²) < 4.78 is 11.1. The van der Waals surface area contributed by atoms with Crippen molar-refractivity contribution in [3.05, 3.63) is 106 Å². The third-order valence-corrected chi connectivity index (χ3v) is 5.39. The number of nitro groups is 1. The van der Waals surface area contributed by atoms with Gasteiger partial charge in [-0.2, -0.15) is 9.78 Å². The molecule has 0 fully saturated rings. The minimum atomic E-state index is -0.701. The van der Waals surface area contributed by atoms with Crippen molar-refractivity contribution in [2.45, 2.75) is 0 Å². The van der Waals surface area contributed by atoms with Crippen LogP contribution in [0.3, 0.4) is 0 Å². The van der Waals surface area contributed by atoms with Gasteiger partial charge in [-0.15, -0.1) is 5.10 Å². The van der Waals surface area contributed by atoms with Gasteiger partial charge in [0.15, 0.2) is 5.69 Å². The van der Waals surface area contributed by atoms with E-state index in [4.69, 9.17) is 10.5 Å². The second kappa shape index (κ2) is 11.0.